The molecule has 0 aliphatic carbocycles. The molecular weight excluding hydrogens is 240 g/mol. The Labute approximate surface area is 107 Å². The normalized spacial score (nSPS) is 12.0. The Morgan fingerprint density at radius 1 is 1.41 bits per heavy atom. The lowest BCUT2D eigenvalue weighted by Gasteiger charge is -2.14. The molecule has 0 aliphatic rings. The van der Waals surface area contributed by atoms with E-state index in [9.17, 15) is 4.79 Å². The number of ether oxygens (including phenoxy) is 2. The van der Waals surface area contributed by atoms with Crippen LogP contribution in [0, 0.1) is 0 Å². The summed E-state index contributed by atoms with van der Waals surface area (Å²) >= 11 is 6.00. The fraction of sp³-hybridized carbons (Fsp3) is 0.462. The van der Waals surface area contributed by atoms with Crippen LogP contribution in [0.5, 0.6) is 5.75 Å². The maximum atomic E-state index is 11.4. The van der Waals surface area contributed by atoms with Crippen LogP contribution in [-0.4, -0.2) is 18.7 Å². The zero-order chi connectivity index (χ0) is 12.8. The molecule has 0 spiro atoms. The highest BCUT2D eigenvalue weighted by Gasteiger charge is 2.15. The molecule has 1 atom stereocenters. The number of benzene rings is 1. The first-order valence-electron chi connectivity index (χ1n) is 5.70. The molecular formula is C13H17ClO3. The van der Waals surface area contributed by atoms with Gasteiger partial charge in [-0.1, -0.05) is 18.5 Å². The summed E-state index contributed by atoms with van der Waals surface area (Å²) in [6, 6.07) is 5.36. The van der Waals surface area contributed by atoms with E-state index in [0.29, 0.717) is 17.4 Å². The summed E-state index contributed by atoms with van der Waals surface area (Å²) in [4.78, 5) is 11.4. The van der Waals surface area contributed by atoms with Crippen molar-refractivity contribution in [2.75, 3.05) is 6.61 Å². The van der Waals surface area contributed by atoms with E-state index in [1.807, 2.05) is 13.0 Å². The highest BCUT2D eigenvalue weighted by molar-refractivity contribution is 6.31. The Balaban J connectivity index is 2.71. The van der Waals surface area contributed by atoms with Gasteiger partial charge in [-0.25, -0.2) is 4.79 Å². The van der Waals surface area contributed by atoms with Gasteiger partial charge in [-0.05, 0) is 44.0 Å². The van der Waals surface area contributed by atoms with E-state index in [-0.39, 0.29) is 5.97 Å². The number of carbonyl (C=O) groups excluding carboxylic acids is 1. The third-order valence-corrected chi connectivity index (χ3v) is 2.70. The van der Waals surface area contributed by atoms with E-state index < -0.39 is 6.10 Å². The van der Waals surface area contributed by atoms with E-state index in [0.717, 1.165) is 12.0 Å². The van der Waals surface area contributed by atoms with Gasteiger partial charge in [0.05, 0.1) is 6.61 Å². The first-order chi connectivity index (χ1) is 8.08. The first-order valence-corrected chi connectivity index (χ1v) is 6.08. The van der Waals surface area contributed by atoms with E-state index in [2.05, 4.69) is 0 Å². The molecule has 0 saturated carbocycles. The summed E-state index contributed by atoms with van der Waals surface area (Å²) in [7, 11) is 0. The Bertz CT molecular complexity index is 390. The number of rotatable bonds is 5. The second-order valence-electron chi connectivity index (χ2n) is 3.62. The minimum atomic E-state index is -0.610. The monoisotopic (exact) mass is 256 g/mol. The Hall–Kier alpha value is -1.22. The fourth-order valence-electron chi connectivity index (χ4n) is 1.41. The van der Waals surface area contributed by atoms with E-state index in [4.69, 9.17) is 21.1 Å². The zero-order valence-corrected chi connectivity index (χ0v) is 11.1. The van der Waals surface area contributed by atoms with Gasteiger partial charge < -0.3 is 9.47 Å². The molecule has 1 aromatic carbocycles. The summed E-state index contributed by atoms with van der Waals surface area (Å²) in [6.45, 7) is 5.80. The standard InChI is InChI=1S/C13H17ClO3/c1-4-10-8-11(6-7-12(10)14)17-9(3)13(15)16-5-2/h6-9H,4-5H2,1-3H3. The van der Waals surface area contributed by atoms with Gasteiger partial charge in [0.15, 0.2) is 6.10 Å². The molecule has 1 unspecified atom stereocenters. The zero-order valence-electron chi connectivity index (χ0n) is 10.3. The van der Waals surface area contributed by atoms with Crippen molar-refractivity contribution < 1.29 is 14.3 Å². The molecule has 17 heavy (non-hydrogen) atoms. The number of aryl methyl sites for hydroxylation is 1. The molecule has 0 heterocycles. The predicted molar refractivity (Wildman–Crippen MR) is 67.6 cm³/mol. The largest absolute Gasteiger partial charge is 0.479 e. The third-order valence-electron chi connectivity index (χ3n) is 2.33. The van der Waals surface area contributed by atoms with Crippen LogP contribution in [0.4, 0.5) is 0 Å². The van der Waals surface area contributed by atoms with Crippen LogP contribution < -0.4 is 4.74 Å². The lowest BCUT2D eigenvalue weighted by atomic mass is 10.1. The number of halogens is 1. The molecule has 94 valence electrons. The van der Waals surface area contributed by atoms with Crippen molar-refractivity contribution in [1.29, 1.82) is 0 Å². The number of hydrogen-bond donors (Lipinski definition) is 0. The maximum absolute atomic E-state index is 11.4. The molecule has 1 rings (SSSR count). The van der Waals surface area contributed by atoms with Crippen LogP contribution in [-0.2, 0) is 16.0 Å². The van der Waals surface area contributed by atoms with Crippen LogP contribution in [0.1, 0.15) is 26.3 Å². The van der Waals surface area contributed by atoms with Gasteiger partial charge in [-0.2, -0.15) is 0 Å². The van der Waals surface area contributed by atoms with Crippen LogP contribution in [0.3, 0.4) is 0 Å². The summed E-state index contributed by atoms with van der Waals surface area (Å²) in [6.07, 6.45) is 0.213. The quantitative estimate of drug-likeness (QED) is 0.759. The Morgan fingerprint density at radius 2 is 2.12 bits per heavy atom. The summed E-state index contributed by atoms with van der Waals surface area (Å²) in [5, 5.41) is 0.712. The summed E-state index contributed by atoms with van der Waals surface area (Å²) < 4.78 is 10.4. The van der Waals surface area contributed by atoms with Crippen molar-refractivity contribution in [3.05, 3.63) is 28.8 Å². The molecule has 4 heteroatoms. The fourth-order valence-corrected chi connectivity index (χ4v) is 1.66. The second-order valence-corrected chi connectivity index (χ2v) is 4.03. The molecule has 0 bridgehead atoms. The molecule has 3 nitrogen and oxygen atoms in total. The van der Waals surface area contributed by atoms with Crippen molar-refractivity contribution >= 4 is 17.6 Å². The van der Waals surface area contributed by atoms with Gasteiger partial charge in [0.1, 0.15) is 5.75 Å². The number of hydrogen-bond acceptors (Lipinski definition) is 3. The maximum Gasteiger partial charge on any atom is 0.347 e. The van der Waals surface area contributed by atoms with Gasteiger partial charge in [0.2, 0.25) is 0 Å². The van der Waals surface area contributed by atoms with Crippen LogP contribution >= 0.6 is 11.6 Å². The lowest BCUT2D eigenvalue weighted by molar-refractivity contribution is -0.150. The van der Waals surface area contributed by atoms with Gasteiger partial charge in [-0.15, -0.1) is 0 Å². The molecule has 0 aliphatic heterocycles. The van der Waals surface area contributed by atoms with Crippen LogP contribution in [0.2, 0.25) is 5.02 Å². The molecule has 0 N–H and O–H groups in total. The van der Waals surface area contributed by atoms with Crippen molar-refractivity contribution in [1.82, 2.24) is 0 Å². The predicted octanol–water partition coefficient (Wildman–Crippen LogP) is 3.23. The topological polar surface area (TPSA) is 35.5 Å². The van der Waals surface area contributed by atoms with Crippen molar-refractivity contribution in [3.8, 4) is 5.75 Å². The van der Waals surface area contributed by atoms with E-state index in [1.54, 1.807) is 26.0 Å². The second kappa shape index (κ2) is 6.50. The summed E-state index contributed by atoms with van der Waals surface area (Å²) in [5.41, 5.74) is 1.00. The minimum Gasteiger partial charge on any atom is -0.479 e. The molecule has 0 amide bonds. The van der Waals surface area contributed by atoms with Gasteiger partial charge in [0.25, 0.3) is 0 Å². The molecule has 0 saturated heterocycles. The highest BCUT2D eigenvalue weighted by atomic mass is 35.5. The molecule has 0 aromatic heterocycles. The van der Waals surface area contributed by atoms with Crippen LogP contribution in [0.25, 0.3) is 0 Å². The minimum absolute atomic E-state index is 0.355. The Kier molecular flexibility index (Phi) is 5.29. The lowest BCUT2D eigenvalue weighted by Crippen LogP contribution is -2.26. The molecule has 0 fully saturated rings. The summed E-state index contributed by atoms with van der Waals surface area (Å²) in [5.74, 6) is 0.271. The smallest absolute Gasteiger partial charge is 0.347 e. The number of carbonyl (C=O) groups is 1. The van der Waals surface area contributed by atoms with Gasteiger partial charge in [-0.3, -0.25) is 0 Å². The number of esters is 1. The highest BCUT2D eigenvalue weighted by Crippen LogP contribution is 2.23. The van der Waals surface area contributed by atoms with Gasteiger partial charge in [0, 0.05) is 5.02 Å². The Morgan fingerprint density at radius 3 is 2.71 bits per heavy atom. The SMILES string of the molecule is CCOC(=O)C(C)Oc1ccc(Cl)c(CC)c1. The first kappa shape index (κ1) is 13.8. The van der Waals surface area contributed by atoms with Crippen molar-refractivity contribution in [3.63, 3.8) is 0 Å². The van der Waals surface area contributed by atoms with E-state index in [1.165, 1.54) is 0 Å². The van der Waals surface area contributed by atoms with Crippen molar-refractivity contribution in [2.24, 2.45) is 0 Å². The average molecular weight is 257 g/mol. The molecule has 0 radical (unpaired) electrons. The van der Waals surface area contributed by atoms with Crippen LogP contribution in [0.15, 0.2) is 18.2 Å². The van der Waals surface area contributed by atoms with Crippen molar-refractivity contribution in [2.45, 2.75) is 33.3 Å². The average Bonchev–Trinajstić information content (AvgIpc) is 2.31. The van der Waals surface area contributed by atoms with E-state index >= 15 is 0 Å². The third kappa shape index (κ3) is 3.93. The molecule has 1 aromatic rings. The van der Waals surface area contributed by atoms with Gasteiger partial charge >= 0.3 is 5.97 Å².